The molecule has 28 heavy (non-hydrogen) atoms. The number of hydrogen-bond donors (Lipinski definition) is 2. The summed E-state index contributed by atoms with van der Waals surface area (Å²) in [5, 5.41) is 4.46. The Bertz CT molecular complexity index is 1120. The molecule has 144 valence electrons. The third kappa shape index (κ3) is 3.22. The summed E-state index contributed by atoms with van der Waals surface area (Å²) in [6.45, 7) is 4.11. The van der Waals surface area contributed by atoms with Gasteiger partial charge in [-0.05, 0) is 24.1 Å². The first kappa shape index (κ1) is 17.8. The van der Waals surface area contributed by atoms with Crippen LogP contribution in [0, 0.1) is 0 Å². The number of aromatic amines is 1. The number of rotatable bonds is 5. The van der Waals surface area contributed by atoms with Gasteiger partial charge in [0.25, 0.3) is 0 Å². The summed E-state index contributed by atoms with van der Waals surface area (Å²) in [7, 11) is 0. The quantitative estimate of drug-likeness (QED) is 0.690. The monoisotopic (exact) mass is 381 g/mol. The lowest BCUT2D eigenvalue weighted by Gasteiger charge is -2.13. The predicted molar refractivity (Wildman–Crippen MR) is 101 cm³/mol. The van der Waals surface area contributed by atoms with E-state index in [0.717, 1.165) is 11.3 Å². The molecular formula is C19H19N5O4. The zero-order chi connectivity index (χ0) is 19.8. The number of carbonyl (C=O) groups excluding carboxylic acids is 1. The number of pyridine rings is 1. The zero-order valence-corrected chi connectivity index (χ0v) is 15.4. The third-order valence-electron chi connectivity index (χ3n) is 4.35. The molecule has 9 nitrogen and oxygen atoms in total. The maximum Gasteiger partial charge on any atom is 0.248 e. The van der Waals surface area contributed by atoms with E-state index in [2.05, 4.69) is 15.1 Å². The number of nitrogens with one attached hydrogen (secondary N) is 1. The van der Waals surface area contributed by atoms with Crippen molar-refractivity contribution in [2.75, 3.05) is 6.79 Å². The summed E-state index contributed by atoms with van der Waals surface area (Å²) in [5.74, 6) is 1.55. The van der Waals surface area contributed by atoms with E-state index in [4.69, 9.17) is 15.2 Å². The van der Waals surface area contributed by atoms with Gasteiger partial charge in [0.15, 0.2) is 23.1 Å². The lowest BCUT2D eigenvalue weighted by atomic mass is 10.0. The van der Waals surface area contributed by atoms with E-state index in [9.17, 15) is 9.59 Å². The van der Waals surface area contributed by atoms with E-state index in [-0.39, 0.29) is 24.7 Å². The highest BCUT2D eigenvalue weighted by Gasteiger charge is 2.21. The normalized spacial score (nSPS) is 12.5. The highest BCUT2D eigenvalue weighted by Crippen LogP contribution is 2.35. The molecule has 0 bridgehead atoms. The topological polar surface area (TPSA) is 125 Å². The summed E-state index contributed by atoms with van der Waals surface area (Å²) in [4.78, 5) is 30.6. The average molecular weight is 381 g/mol. The van der Waals surface area contributed by atoms with E-state index in [1.807, 2.05) is 19.9 Å². The largest absolute Gasteiger partial charge is 0.454 e. The van der Waals surface area contributed by atoms with Crippen LogP contribution in [0.1, 0.15) is 31.3 Å². The maximum absolute atomic E-state index is 11.8. The molecule has 2 aromatic heterocycles. The van der Waals surface area contributed by atoms with Crippen molar-refractivity contribution in [3.8, 4) is 28.6 Å². The molecule has 3 aromatic rings. The van der Waals surface area contributed by atoms with Crippen molar-refractivity contribution >= 4 is 5.91 Å². The molecular weight excluding hydrogens is 362 g/mol. The number of ether oxygens (including phenoxy) is 2. The number of hydrogen-bond acceptors (Lipinski definition) is 6. The number of carbonyl (C=O) groups is 1. The van der Waals surface area contributed by atoms with Crippen molar-refractivity contribution in [2.45, 2.75) is 26.2 Å². The van der Waals surface area contributed by atoms with Crippen LogP contribution in [0.15, 0.2) is 35.1 Å². The van der Waals surface area contributed by atoms with Crippen LogP contribution in [-0.2, 0) is 11.2 Å². The lowest BCUT2D eigenvalue weighted by Crippen LogP contribution is -2.14. The van der Waals surface area contributed by atoms with Gasteiger partial charge in [-0.15, -0.1) is 0 Å². The lowest BCUT2D eigenvalue weighted by molar-refractivity contribution is -0.117. The van der Waals surface area contributed by atoms with Gasteiger partial charge in [-0.2, -0.15) is 5.10 Å². The first-order chi connectivity index (χ1) is 13.4. The molecule has 0 spiro atoms. The minimum Gasteiger partial charge on any atom is -0.454 e. The van der Waals surface area contributed by atoms with Gasteiger partial charge >= 0.3 is 0 Å². The minimum absolute atomic E-state index is 0.0467. The molecule has 1 amide bonds. The molecule has 0 saturated carbocycles. The number of nitrogens with two attached hydrogens (primary N) is 1. The number of primary amides is 1. The summed E-state index contributed by atoms with van der Waals surface area (Å²) in [6.07, 6.45) is -0.0923. The van der Waals surface area contributed by atoms with Crippen LogP contribution in [0.4, 0.5) is 0 Å². The number of benzene rings is 1. The highest BCUT2D eigenvalue weighted by molar-refractivity contribution is 5.76. The third-order valence-corrected chi connectivity index (χ3v) is 4.35. The second kappa shape index (κ2) is 6.84. The van der Waals surface area contributed by atoms with E-state index in [0.29, 0.717) is 28.8 Å². The van der Waals surface area contributed by atoms with Crippen LogP contribution in [-0.4, -0.2) is 32.4 Å². The Hall–Kier alpha value is -3.62. The second-order valence-electron chi connectivity index (χ2n) is 6.75. The standard InChI is InChI=1S/C19H19N5O4/c1-10(2)18-12(4-6-17(26)22-18)19-21-16(8-15(20)25)23-24(19)11-3-5-13-14(7-11)28-9-27-13/h3-7,10H,8-9H2,1-2H3,(H2,20,25)(H,22,26). The predicted octanol–water partition coefficient (Wildman–Crippen LogP) is 1.50. The van der Waals surface area contributed by atoms with Gasteiger partial charge in [0.1, 0.15) is 0 Å². The van der Waals surface area contributed by atoms with Gasteiger partial charge in [0.2, 0.25) is 18.3 Å². The first-order valence-electron chi connectivity index (χ1n) is 8.80. The van der Waals surface area contributed by atoms with E-state index in [1.165, 1.54) is 6.07 Å². The minimum atomic E-state index is -0.528. The van der Waals surface area contributed by atoms with Gasteiger partial charge < -0.3 is 20.2 Å². The molecule has 0 fully saturated rings. The van der Waals surface area contributed by atoms with Crippen LogP contribution in [0.5, 0.6) is 11.5 Å². The Kier molecular flexibility index (Phi) is 4.34. The van der Waals surface area contributed by atoms with Crippen molar-refractivity contribution in [3.63, 3.8) is 0 Å². The smallest absolute Gasteiger partial charge is 0.248 e. The van der Waals surface area contributed by atoms with Crippen LogP contribution in [0.25, 0.3) is 17.1 Å². The Morgan fingerprint density at radius 3 is 2.79 bits per heavy atom. The van der Waals surface area contributed by atoms with Gasteiger partial charge in [-0.25, -0.2) is 9.67 Å². The fourth-order valence-electron chi connectivity index (χ4n) is 3.10. The zero-order valence-electron chi connectivity index (χ0n) is 15.4. The van der Waals surface area contributed by atoms with Crippen LogP contribution < -0.4 is 20.8 Å². The fraction of sp³-hybridized carbons (Fsp3) is 0.263. The van der Waals surface area contributed by atoms with Crippen molar-refractivity contribution < 1.29 is 14.3 Å². The highest BCUT2D eigenvalue weighted by atomic mass is 16.7. The van der Waals surface area contributed by atoms with Crippen molar-refractivity contribution in [2.24, 2.45) is 5.73 Å². The average Bonchev–Trinajstić information content (AvgIpc) is 3.27. The van der Waals surface area contributed by atoms with Crippen molar-refractivity contribution in [3.05, 3.63) is 52.2 Å². The Balaban J connectivity index is 1.91. The summed E-state index contributed by atoms with van der Waals surface area (Å²) < 4.78 is 12.4. The number of fused-ring (bicyclic) bond motifs is 1. The molecule has 0 aliphatic carbocycles. The van der Waals surface area contributed by atoms with Crippen molar-refractivity contribution in [1.29, 1.82) is 0 Å². The molecule has 1 aliphatic heterocycles. The molecule has 3 heterocycles. The Morgan fingerprint density at radius 2 is 2.04 bits per heavy atom. The molecule has 1 aliphatic rings. The molecule has 9 heteroatoms. The fourth-order valence-corrected chi connectivity index (χ4v) is 3.10. The summed E-state index contributed by atoms with van der Waals surface area (Å²) in [5.41, 5.74) is 7.26. The van der Waals surface area contributed by atoms with Crippen LogP contribution in [0.3, 0.4) is 0 Å². The second-order valence-corrected chi connectivity index (χ2v) is 6.75. The van der Waals surface area contributed by atoms with Gasteiger partial charge in [0.05, 0.1) is 12.1 Å². The van der Waals surface area contributed by atoms with Crippen LogP contribution in [0.2, 0.25) is 0 Å². The molecule has 1 aromatic carbocycles. The summed E-state index contributed by atoms with van der Waals surface area (Å²) >= 11 is 0. The van der Waals surface area contributed by atoms with E-state index < -0.39 is 5.91 Å². The first-order valence-corrected chi connectivity index (χ1v) is 8.80. The van der Waals surface area contributed by atoms with Crippen LogP contribution >= 0.6 is 0 Å². The number of nitrogens with zero attached hydrogens (tertiary/aromatic N) is 3. The SMILES string of the molecule is CC(C)c1[nH]c(=O)ccc1-c1nc(CC(N)=O)nn1-c1ccc2c(c1)OCO2. The molecule has 0 atom stereocenters. The van der Waals surface area contributed by atoms with Gasteiger partial charge in [-0.1, -0.05) is 13.8 Å². The number of amides is 1. The van der Waals surface area contributed by atoms with Crippen molar-refractivity contribution in [1.82, 2.24) is 19.7 Å². The summed E-state index contributed by atoms with van der Waals surface area (Å²) in [6, 6.07) is 8.53. The van der Waals surface area contributed by atoms with E-state index in [1.54, 1.807) is 22.9 Å². The molecule has 0 radical (unpaired) electrons. The van der Waals surface area contributed by atoms with Gasteiger partial charge in [-0.3, -0.25) is 9.59 Å². The van der Waals surface area contributed by atoms with E-state index >= 15 is 0 Å². The number of aromatic nitrogens is 4. The molecule has 0 unspecified atom stereocenters. The Morgan fingerprint density at radius 1 is 1.25 bits per heavy atom. The number of H-pyrrole nitrogens is 1. The molecule has 0 saturated heterocycles. The Labute approximate surface area is 160 Å². The molecule has 3 N–H and O–H groups in total. The maximum atomic E-state index is 11.8. The molecule has 4 rings (SSSR count). The van der Waals surface area contributed by atoms with Gasteiger partial charge in [0, 0.05) is 23.4 Å².